The first-order chi connectivity index (χ1) is 41.7. The van der Waals surface area contributed by atoms with E-state index in [1.807, 2.05) is 102 Å². The monoisotopic (exact) mass is 1710 g/mol. The summed E-state index contributed by atoms with van der Waals surface area (Å²) in [5.74, 6) is 6.93. The van der Waals surface area contributed by atoms with Crippen molar-refractivity contribution in [3.05, 3.63) is 124 Å². The number of aromatic amines is 2. The average Bonchev–Trinajstić information content (AvgIpc) is 1.80. The van der Waals surface area contributed by atoms with Crippen LogP contribution >= 0.6 is 11.6 Å². The van der Waals surface area contributed by atoms with Crippen molar-refractivity contribution in [2.45, 2.75) is 73.9 Å². The van der Waals surface area contributed by atoms with E-state index in [0.29, 0.717) is 29.1 Å². The largest absolute Gasteiger partial charge is 1.00 e. The second-order valence-electron chi connectivity index (χ2n) is 18.1. The minimum atomic E-state index is -0.181. The molecule has 8 heterocycles. The van der Waals surface area contributed by atoms with Gasteiger partial charge in [-0.05, 0) is 77.9 Å². The van der Waals surface area contributed by atoms with E-state index in [0.717, 1.165) is 143 Å². The minimum Gasteiger partial charge on any atom is -1.00 e. The summed E-state index contributed by atoms with van der Waals surface area (Å²) >= 11 is 15.7. The normalized spacial score (nSPS) is 13.0. The Morgan fingerprint density at radius 1 is 0.663 bits per heavy atom. The first kappa shape index (κ1) is 78.4. The van der Waals surface area contributed by atoms with E-state index < -0.39 is 0 Å². The first-order valence-electron chi connectivity index (χ1n) is 25.3. The van der Waals surface area contributed by atoms with Gasteiger partial charge in [0.1, 0.15) is 68.4 Å². The minimum absolute atomic E-state index is 0. The van der Waals surface area contributed by atoms with Crippen LogP contribution in [0.3, 0.4) is 0 Å². The molecule has 19 nitrogen and oxygen atoms in total. The van der Waals surface area contributed by atoms with Crippen LogP contribution in [0.2, 0.25) is 5.15 Å². The molecule has 464 valence electrons. The van der Waals surface area contributed by atoms with Gasteiger partial charge in [-0.1, -0.05) is 65.7 Å². The van der Waals surface area contributed by atoms with E-state index in [1.54, 1.807) is 94.1 Å². The van der Waals surface area contributed by atoms with Crippen LogP contribution in [0.1, 0.15) is 79.5 Å². The number of aryl methyl sites for hydroxylation is 6. The van der Waals surface area contributed by atoms with Crippen LogP contribution in [0.15, 0.2) is 81.8 Å². The summed E-state index contributed by atoms with van der Waals surface area (Å²) in [7, 11) is 21.4. The number of hydrogen-bond acceptors (Lipinski definition) is 19. The maximum atomic E-state index is 8.64. The maximum absolute atomic E-state index is 8.64. The molecular weight excluding hydrogens is 1650 g/mol. The van der Waals surface area contributed by atoms with E-state index in [-0.39, 0.29) is 165 Å². The number of carbonyl (C=O) groups is 1. The fourth-order valence-corrected chi connectivity index (χ4v) is 34.5. The number of benzene rings is 4. The summed E-state index contributed by atoms with van der Waals surface area (Å²) in [6, 6.07) is 24.4. The van der Waals surface area contributed by atoms with Crippen LogP contribution in [-0.2, 0) is 130 Å². The summed E-state index contributed by atoms with van der Waals surface area (Å²) in [5, 5.41) is 24.3. The summed E-state index contributed by atoms with van der Waals surface area (Å²) < 4.78 is 33.4. The number of methoxy groups -OCH3 is 2. The van der Waals surface area contributed by atoms with Gasteiger partial charge >= 0.3 is 138 Å². The quantitative estimate of drug-likeness (QED) is 0.0735. The number of halogens is 1. The van der Waals surface area contributed by atoms with Crippen molar-refractivity contribution in [2.75, 3.05) is 32.8 Å². The fraction of sp³-hybridized carbons (Fsp3) is 0.278. The summed E-state index contributed by atoms with van der Waals surface area (Å²) in [4.78, 5) is 36.2. The van der Waals surface area contributed by atoms with Gasteiger partial charge in [0, 0.05) is 183 Å². The first-order valence-corrected chi connectivity index (χ1v) is 41.7. The maximum Gasteiger partial charge on any atom is 1.00 e. The molecule has 2 aliphatic rings. The molecule has 0 unspecified atom stereocenters. The predicted octanol–water partition coefficient (Wildman–Crippen LogP) is 4.62. The molecule has 0 bridgehead atoms. The Bertz CT molecular complexity index is 4600. The van der Waals surface area contributed by atoms with Crippen molar-refractivity contribution >= 4 is 188 Å². The molecule has 89 heavy (non-hydrogen) atoms. The van der Waals surface area contributed by atoms with Gasteiger partial charge in [-0.2, -0.15) is 0 Å². The molecule has 5 N–H and O–H groups in total. The SMILES string of the molecule is C.COc1cc2c(cc1-c1c(C)noc1C)[nH]c1nc(C)nc(Cl)c12.COc1cc2c(cc1-c1c(C)noc1C)[nH]c1nc(C)nc(N[C@@H]3CCOc4ccccc43)c12.N[C@@H]1CCOc2ccccc21.O=CO[O-].S=S=S=S=S=S=S=S=S=S=S=S=S.[Cs+].[Cs+].[H-]. The van der Waals surface area contributed by atoms with Crippen molar-refractivity contribution in [3.63, 3.8) is 0 Å². The molecule has 6 aromatic heterocycles. The topological polar surface area (TPSA) is 260 Å². The van der Waals surface area contributed by atoms with Crippen LogP contribution in [0.4, 0.5) is 5.82 Å². The van der Waals surface area contributed by atoms with E-state index in [2.05, 4.69) is 52.6 Å². The van der Waals surface area contributed by atoms with Gasteiger partial charge in [0.05, 0.1) is 66.8 Å². The number of H-pyrrole nitrogens is 2. The molecule has 0 saturated carbocycles. The molecule has 4 aromatic carbocycles. The Balaban J connectivity index is 0.000000269. The van der Waals surface area contributed by atoms with Crippen LogP contribution in [0, 0.1) is 41.5 Å². The number of carbonyl (C=O) groups excluding carboxylic acids is 1. The van der Waals surface area contributed by atoms with E-state index >= 15 is 0 Å². The number of hydrogen-bond donors (Lipinski definition) is 4. The Labute approximate surface area is 678 Å². The molecule has 0 radical (unpaired) electrons. The van der Waals surface area contributed by atoms with Crippen LogP contribution < -0.4 is 173 Å². The van der Waals surface area contributed by atoms with Gasteiger partial charge in [-0.25, -0.2) is 19.9 Å². The molecule has 0 saturated heterocycles. The second-order valence-corrected chi connectivity index (χ2v) is 37.9. The standard InChI is InChI=1S/C26H25N5O3.C17H15ClN4O2.C9H11NO.CH2O3.CH4.2Cs.S13.H/c1-13-23(14(2)34-31-13)18-11-20-17(12-22(18)32-4)24-25(27-15(3)28-26(24)30-20)29-19-9-10-33-21-8-6-5-7-16(19)21;1-7-14(8(2)24-22-7)11-5-12-10(6-13(11)23-4)15-16(18)19-9(3)20-17(15)21-12;10-8-5-6-11-9-4-2-1-3-7(8)9;2-1-4-3;;;;1-3-5-7-9-11-13-12-10-8-6-4-2;/h5-8,11-12,19H,9-10H2,1-4H3,(H2,27,28,29,30);5-6H,1-4H3,(H,19,20,21);1-4,8H,5-6,10H2;1,3H;1H4;;;;/q;;;;;2*+1;;-1/p-1/t19-;;8-;;;;;;/m1.1....../s1. The summed E-state index contributed by atoms with van der Waals surface area (Å²) in [5.41, 5.74) is 16.8. The van der Waals surface area contributed by atoms with E-state index in [9.17, 15) is 0 Å². The molecule has 0 spiro atoms. The van der Waals surface area contributed by atoms with Crippen molar-refractivity contribution in [3.8, 4) is 45.3 Å². The number of nitrogens with one attached hydrogen (secondary N) is 3. The number of aromatic nitrogens is 8. The number of rotatable bonds is 7. The third-order valence-corrected chi connectivity index (χ3v) is 35.4. The van der Waals surface area contributed by atoms with Gasteiger partial charge < -0.3 is 60.6 Å². The number of anilines is 1. The zero-order valence-corrected chi connectivity index (χ0v) is 72.5. The number of nitrogens with zero attached hydrogens (tertiary/aromatic N) is 6. The molecule has 0 fully saturated rings. The summed E-state index contributed by atoms with van der Waals surface area (Å²) in [6.45, 7) is 12.6. The van der Waals surface area contributed by atoms with Gasteiger partial charge in [0.25, 0.3) is 6.47 Å². The predicted molar refractivity (Wildman–Crippen MR) is 377 cm³/mol. The van der Waals surface area contributed by atoms with Crippen molar-refractivity contribution in [1.82, 2.24) is 40.2 Å². The van der Waals surface area contributed by atoms with Crippen molar-refractivity contribution in [2.24, 2.45) is 5.73 Å². The molecule has 0 amide bonds. The number of ether oxygens (including phenoxy) is 4. The number of para-hydroxylation sites is 2. The zero-order chi connectivity index (χ0) is 61.3. The fourth-order valence-electron chi connectivity index (χ4n) is 9.52. The van der Waals surface area contributed by atoms with Crippen LogP contribution in [0.5, 0.6) is 23.0 Å². The van der Waals surface area contributed by atoms with Gasteiger partial charge in [0.15, 0.2) is 0 Å². The Morgan fingerprint density at radius 2 is 1.10 bits per heavy atom. The Morgan fingerprint density at radius 3 is 1.56 bits per heavy atom. The van der Waals surface area contributed by atoms with Gasteiger partial charge in [0.2, 0.25) is 0 Å². The third kappa shape index (κ3) is 20.6. The van der Waals surface area contributed by atoms with Crippen LogP contribution in [0.25, 0.3) is 66.1 Å². The number of fused-ring (bicyclic) bond motifs is 8. The average molecular weight is 1710 g/mol. The summed E-state index contributed by atoms with van der Waals surface area (Å²) in [6.07, 6.45) is 1.78. The second kappa shape index (κ2) is 39.7. The van der Waals surface area contributed by atoms with Crippen LogP contribution in [-0.4, -0.2) is 74.1 Å². The smallest absolute Gasteiger partial charge is 1.00 e. The van der Waals surface area contributed by atoms with E-state index in [4.69, 9.17) is 87.7 Å². The van der Waals surface area contributed by atoms with E-state index in [1.165, 1.54) is 17.8 Å². The molecule has 0 aliphatic carbocycles. The Kier molecular flexibility index (Phi) is 34.9. The molecule has 35 heteroatoms. The van der Waals surface area contributed by atoms with Gasteiger partial charge in [-0.15, -0.1) is 0 Å². The third-order valence-electron chi connectivity index (χ3n) is 12.9. The molecule has 2 aliphatic heterocycles. The van der Waals surface area contributed by atoms with Crippen molar-refractivity contribution < 1.29 is 182 Å². The van der Waals surface area contributed by atoms with Crippen molar-refractivity contribution in [1.29, 1.82) is 0 Å². The molecular formula is C54H57ClCs2N10O9S13. The van der Waals surface area contributed by atoms with Gasteiger partial charge in [-0.3, -0.25) is 4.79 Å². The molecule has 12 rings (SSSR count). The Hall–Kier alpha value is -1.30. The zero-order valence-electron chi connectivity index (χ0n) is 49.6. The molecule has 2 atom stereocenters. The molecule has 10 aromatic rings. The number of nitrogens with two attached hydrogens (primary N) is 1.